The molecule has 1 rings (SSSR count). The van der Waals surface area contributed by atoms with Gasteiger partial charge in [0, 0.05) is 10.5 Å². The molecule has 0 heterocycles. The second-order valence-electron chi connectivity index (χ2n) is 3.86. The van der Waals surface area contributed by atoms with Crippen molar-refractivity contribution in [2.75, 3.05) is 5.75 Å². The van der Waals surface area contributed by atoms with Crippen LogP contribution in [0.15, 0.2) is 17.0 Å². The van der Waals surface area contributed by atoms with Gasteiger partial charge in [-0.1, -0.05) is 13.3 Å². The molecule has 0 saturated heterocycles. The van der Waals surface area contributed by atoms with Crippen molar-refractivity contribution < 1.29 is 9.18 Å². The highest BCUT2D eigenvalue weighted by Gasteiger charge is 2.11. The molecule has 0 N–H and O–H groups in total. The van der Waals surface area contributed by atoms with Gasteiger partial charge in [0.15, 0.2) is 5.78 Å². The van der Waals surface area contributed by atoms with Crippen molar-refractivity contribution in [2.45, 2.75) is 38.5 Å². The molecular weight excluding hydrogens is 223 g/mol. The van der Waals surface area contributed by atoms with Crippen LogP contribution in [0.25, 0.3) is 0 Å². The van der Waals surface area contributed by atoms with E-state index in [0.29, 0.717) is 11.1 Å². The molecule has 0 bridgehead atoms. The van der Waals surface area contributed by atoms with Gasteiger partial charge in [-0.15, -0.1) is 11.8 Å². The molecule has 1 nitrogen and oxygen atoms in total. The van der Waals surface area contributed by atoms with Crippen LogP contribution >= 0.6 is 11.8 Å². The first-order valence-corrected chi connectivity index (χ1v) is 6.48. The van der Waals surface area contributed by atoms with Crippen molar-refractivity contribution >= 4 is 17.5 Å². The van der Waals surface area contributed by atoms with E-state index in [1.54, 1.807) is 24.8 Å². The zero-order valence-corrected chi connectivity index (χ0v) is 10.8. The minimum absolute atomic E-state index is 0.0714. The Bertz CT molecular complexity index is 388. The highest BCUT2D eigenvalue weighted by atomic mass is 32.2. The zero-order chi connectivity index (χ0) is 12.1. The van der Waals surface area contributed by atoms with Crippen LogP contribution < -0.4 is 0 Å². The van der Waals surface area contributed by atoms with Crippen LogP contribution in [0.3, 0.4) is 0 Å². The van der Waals surface area contributed by atoms with E-state index in [4.69, 9.17) is 0 Å². The average Bonchev–Trinajstić information content (AvgIpc) is 2.23. The molecule has 0 aliphatic rings. The predicted octanol–water partition coefficient (Wildman–Crippen LogP) is 4.23. The van der Waals surface area contributed by atoms with Crippen molar-refractivity contribution in [1.29, 1.82) is 0 Å². The number of hydrogen-bond acceptors (Lipinski definition) is 2. The fraction of sp³-hybridized carbons (Fsp3) is 0.462. The molecule has 0 fully saturated rings. The van der Waals surface area contributed by atoms with Crippen LogP contribution in [0.4, 0.5) is 4.39 Å². The van der Waals surface area contributed by atoms with E-state index in [9.17, 15) is 9.18 Å². The lowest BCUT2D eigenvalue weighted by molar-refractivity contribution is 0.101. The minimum atomic E-state index is -0.301. The molecule has 0 aromatic heterocycles. The number of hydrogen-bond donors (Lipinski definition) is 0. The number of halogens is 1. The molecule has 0 aliphatic carbocycles. The molecule has 1 aromatic carbocycles. The summed E-state index contributed by atoms with van der Waals surface area (Å²) in [5, 5.41) is 0. The third kappa shape index (κ3) is 3.34. The van der Waals surface area contributed by atoms with Gasteiger partial charge in [-0.3, -0.25) is 4.79 Å². The van der Waals surface area contributed by atoms with Crippen LogP contribution in [0.1, 0.15) is 42.6 Å². The van der Waals surface area contributed by atoms with Gasteiger partial charge in [0.25, 0.3) is 0 Å². The number of benzene rings is 1. The number of carbonyl (C=O) groups is 1. The molecule has 0 saturated carbocycles. The van der Waals surface area contributed by atoms with Crippen LogP contribution in [-0.4, -0.2) is 11.5 Å². The van der Waals surface area contributed by atoms with Gasteiger partial charge in [0.05, 0.1) is 0 Å². The summed E-state index contributed by atoms with van der Waals surface area (Å²) >= 11 is 1.64. The van der Waals surface area contributed by atoms with Gasteiger partial charge >= 0.3 is 0 Å². The Morgan fingerprint density at radius 3 is 2.69 bits per heavy atom. The van der Waals surface area contributed by atoms with Gasteiger partial charge in [0.1, 0.15) is 5.82 Å². The van der Waals surface area contributed by atoms with E-state index in [2.05, 4.69) is 6.92 Å². The largest absolute Gasteiger partial charge is 0.294 e. The molecule has 0 aliphatic heterocycles. The molecular formula is C13H17FOS. The van der Waals surface area contributed by atoms with E-state index in [-0.39, 0.29) is 11.6 Å². The molecule has 0 spiro atoms. The van der Waals surface area contributed by atoms with Gasteiger partial charge in [-0.25, -0.2) is 4.39 Å². The first-order chi connectivity index (χ1) is 7.56. The van der Waals surface area contributed by atoms with Gasteiger partial charge in [0.2, 0.25) is 0 Å². The number of rotatable bonds is 5. The van der Waals surface area contributed by atoms with Crippen molar-refractivity contribution in [2.24, 2.45) is 0 Å². The fourth-order valence-corrected chi connectivity index (χ4v) is 2.65. The number of thioether (sulfide) groups is 1. The highest BCUT2D eigenvalue weighted by Crippen LogP contribution is 2.27. The second kappa shape index (κ2) is 6.04. The molecule has 1 aromatic rings. The summed E-state index contributed by atoms with van der Waals surface area (Å²) in [6.07, 6.45) is 2.24. The van der Waals surface area contributed by atoms with Crippen molar-refractivity contribution in [1.82, 2.24) is 0 Å². The molecule has 0 unspecified atom stereocenters. The summed E-state index contributed by atoms with van der Waals surface area (Å²) in [7, 11) is 0. The van der Waals surface area contributed by atoms with E-state index in [1.165, 1.54) is 13.0 Å². The monoisotopic (exact) mass is 240 g/mol. The number of unbranched alkanes of at least 4 members (excludes halogenated alkanes) is 1. The van der Waals surface area contributed by atoms with Gasteiger partial charge < -0.3 is 0 Å². The average molecular weight is 240 g/mol. The topological polar surface area (TPSA) is 17.1 Å². The third-order valence-electron chi connectivity index (χ3n) is 2.40. The lowest BCUT2D eigenvalue weighted by Crippen LogP contribution is -1.98. The maximum atomic E-state index is 13.3. The third-order valence-corrected chi connectivity index (χ3v) is 3.54. The smallest absolute Gasteiger partial charge is 0.161 e. The Morgan fingerprint density at radius 1 is 1.44 bits per heavy atom. The van der Waals surface area contributed by atoms with Crippen molar-refractivity contribution in [3.63, 3.8) is 0 Å². The van der Waals surface area contributed by atoms with Crippen molar-refractivity contribution in [3.8, 4) is 0 Å². The SMILES string of the molecule is CCCCSc1cc(C)c(F)cc1C(C)=O. The maximum absolute atomic E-state index is 13.3. The minimum Gasteiger partial charge on any atom is -0.294 e. The summed E-state index contributed by atoms with van der Waals surface area (Å²) in [6.45, 7) is 5.33. The van der Waals surface area contributed by atoms with E-state index in [1.807, 2.05) is 0 Å². The van der Waals surface area contributed by atoms with E-state index in [0.717, 1.165) is 23.5 Å². The molecule has 0 radical (unpaired) electrons. The Morgan fingerprint density at radius 2 is 2.12 bits per heavy atom. The first kappa shape index (κ1) is 13.2. The molecule has 0 amide bonds. The molecule has 0 atom stereocenters. The van der Waals surface area contributed by atoms with Crippen LogP contribution in [0.5, 0.6) is 0 Å². The first-order valence-electron chi connectivity index (χ1n) is 5.50. The summed E-state index contributed by atoms with van der Waals surface area (Å²) < 4.78 is 13.3. The zero-order valence-electron chi connectivity index (χ0n) is 9.97. The second-order valence-corrected chi connectivity index (χ2v) is 4.99. The Kier molecular flexibility index (Phi) is 5.00. The Balaban J connectivity index is 2.95. The maximum Gasteiger partial charge on any atom is 0.161 e. The summed E-state index contributed by atoms with van der Waals surface area (Å²) in [5.41, 5.74) is 1.10. The lowest BCUT2D eigenvalue weighted by atomic mass is 10.1. The van der Waals surface area contributed by atoms with E-state index >= 15 is 0 Å². The van der Waals surface area contributed by atoms with Gasteiger partial charge in [-0.2, -0.15) is 0 Å². The quantitative estimate of drug-likeness (QED) is 0.435. The Labute approximate surface area is 100 Å². The van der Waals surface area contributed by atoms with Crippen LogP contribution in [0, 0.1) is 12.7 Å². The summed E-state index contributed by atoms with van der Waals surface area (Å²) in [6, 6.07) is 3.12. The molecule has 16 heavy (non-hydrogen) atoms. The van der Waals surface area contributed by atoms with Crippen molar-refractivity contribution in [3.05, 3.63) is 29.1 Å². The molecule has 3 heteroatoms. The predicted molar refractivity (Wildman–Crippen MR) is 66.8 cm³/mol. The van der Waals surface area contributed by atoms with E-state index < -0.39 is 0 Å². The molecule has 88 valence electrons. The number of ketones is 1. The number of Topliss-reactive ketones (excluding diaryl/α,β-unsaturated/α-hetero) is 1. The summed E-state index contributed by atoms with van der Waals surface area (Å²) in [4.78, 5) is 12.3. The number of carbonyl (C=O) groups excluding carboxylic acids is 1. The van der Waals surface area contributed by atoms with Gasteiger partial charge in [-0.05, 0) is 43.7 Å². The Hall–Kier alpha value is -0.830. The highest BCUT2D eigenvalue weighted by molar-refractivity contribution is 7.99. The van der Waals surface area contributed by atoms with Crippen LogP contribution in [0.2, 0.25) is 0 Å². The van der Waals surface area contributed by atoms with Crippen LogP contribution in [-0.2, 0) is 0 Å². The lowest BCUT2D eigenvalue weighted by Gasteiger charge is -2.08. The fourth-order valence-electron chi connectivity index (χ4n) is 1.38. The standard InChI is InChI=1S/C13H17FOS/c1-4-5-6-16-13-7-9(2)12(14)8-11(13)10(3)15/h7-8H,4-6H2,1-3H3. The normalized spacial score (nSPS) is 10.5. The number of aryl methyl sites for hydroxylation is 1. The summed E-state index contributed by atoms with van der Waals surface area (Å²) in [5.74, 6) is 0.602.